The Balaban J connectivity index is 2.26. The van der Waals surface area contributed by atoms with Crippen LogP contribution in [0.1, 0.15) is 32.8 Å². The molecule has 1 aromatic carbocycles. The molecule has 2 amide bonds. The number of hydrogen-bond acceptors (Lipinski definition) is 5. The summed E-state index contributed by atoms with van der Waals surface area (Å²) in [4.78, 5) is 40.0. The lowest BCUT2D eigenvalue weighted by Gasteiger charge is -2.24. The lowest BCUT2D eigenvalue weighted by Crippen LogP contribution is -2.57. The molecule has 30 heavy (non-hydrogen) atoms. The summed E-state index contributed by atoms with van der Waals surface area (Å²) in [6.07, 6.45) is 1.02. The molecule has 0 fully saturated rings. The SMILES string of the molecule is CC(C)C[C@H](NC(=O)[C@H](Cc1c[nH]c2ccccc12)NC(=O)[C@@H](N)[C@@H](C)O)C(=O)O. The van der Waals surface area contributed by atoms with E-state index in [9.17, 15) is 24.6 Å². The fourth-order valence-electron chi connectivity index (χ4n) is 3.18. The van der Waals surface area contributed by atoms with Crippen molar-refractivity contribution in [1.29, 1.82) is 0 Å². The van der Waals surface area contributed by atoms with Gasteiger partial charge in [0.15, 0.2) is 0 Å². The van der Waals surface area contributed by atoms with Gasteiger partial charge < -0.3 is 31.6 Å². The van der Waals surface area contributed by atoms with Gasteiger partial charge in [0.2, 0.25) is 11.8 Å². The number of carboxylic acid groups (broad SMARTS) is 1. The van der Waals surface area contributed by atoms with E-state index >= 15 is 0 Å². The molecule has 7 N–H and O–H groups in total. The molecule has 0 aliphatic carbocycles. The summed E-state index contributed by atoms with van der Waals surface area (Å²) in [6, 6.07) is 4.16. The predicted molar refractivity (Wildman–Crippen MR) is 113 cm³/mol. The number of aliphatic hydroxyl groups is 1. The molecule has 1 aromatic heterocycles. The smallest absolute Gasteiger partial charge is 0.326 e. The summed E-state index contributed by atoms with van der Waals surface area (Å²) >= 11 is 0. The summed E-state index contributed by atoms with van der Waals surface area (Å²) in [5.41, 5.74) is 7.36. The van der Waals surface area contributed by atoms with E-state index in [1.807, 2.05) is 38.1 Å². The molecule has 0 aliphatic heterocycles. The zero-order valence-electron chi connectivity index (χ0n) is 17.4. The first-order valence-corrected chi connectivity index (χ1v) is 9.92. The van der Waals surface area contributed by atoms with E-state index in [4.69, 9.17) is 5.73 Å². The van der Waals surface area contributed by atoms with Crippen molar-refractivity contribution in [2.24, 2.45) is 11.7 Å². The summed E-state index contributed by atoms with van der Waals surface area (Å²) in [5.74, 6) is -2.41. The summed E-state index contributed by atoms with van der Waals surface area (Å²) in [6.45, 7) is 5.09. The number of carbonyl (C=O) groups is 3. The van der Waals surface area contributed by atoms with Gasteiger partial charge in [0.05, 0.1) is 6.10 Å². The van der Waals surface area contributed by atoms with Crippen molar-refractivity contribution in [3.05, 3.63) is 36.0 Å². The van der Waals surface area contributed by atoms with Crippen LogP contribution in [0, 0.1) is 5.92 Å². The van der Waals surface area contributed by atoms with E-state index in [2.05, 4.69) is 15.6 Å². The number of carboxylic acids is 1. The number of fused-ring (bicyclic) bond motifs is 1. The minimum absolute atomic E-state index is 0.0525. The van der Waals surface area contributed by atoms with E-state index in [0.717, 1.165) is 16.5 Å². The highest BCUT2D eigenvalue weighted by molar-refractivity contribution is 5.93. The molecule has 1 heterocycles. The summed E-state index contributed by atoms with van der Waals surface area (Å²) in [7, 11) is 0. The van der Waals surface area contributed by atoms with Gasteiger partial charge in [-0.1, -0.05) is 32.0 Å². The first-order chi connectivity index (χ1) is 14.1. The number of aromatic nitrogens is 1. The number of nitrogens with one attached hydrogen (secondary N) is 3. The molecule has 0 unspecified atom stereocenters. The average Bonchev–Trinajstić information content (AvgIpc) is 3.08. The second-order valence-electron chi connectivity index (χ2n) is 7.92. The lowest BCUT2D eigenvalue weighted by atomic mass is 10.0. The van der Waals surface area contributed by atoms with Crippen molar-refractivity contribution in [3.63, 3.8) is 0 Å². The number of para-hydroxylation sites is 1. The number of aliphatic carboxylic acids is 1. The number of benzene rings is 1. The summed E-state index contributed by atoms with van der Waals surface area (Å²) in [5, 5.41) is 25.0. The molecule has 0 saturated heterocycles. The van der Waals surface area contributed by atoms with Crippen molar-refractivity contribution in [3.8, 4) is 0 Å². The number of rotatable bonds is 10. The first kappa shape index (κ1) is 23.4. The van der Waals surface area contributed by atoms with Crippen molar-refractivity contribution in [1.82, 2.24) is 15.6 Å². The standard InChI is InChI=1S/C21H30N4O5/c1-11(2)8-17(21(29)30)25-19(27)16(24-20(28)18(22)12(3)26)9-13-10-23-15-7-5-4-6-14(13)15/h4-7,10-12,16-18,23,26H,8-9,22H2,1-3H3,(H,24,28)(H,25,27)(H,29,30)/t12-,16+,17+,18+/m1/s1. The van der Waals surface area contributed by atoms with E-state index < -0.39 is 42.0 Å². The molecule has 0 spiro atoms. The number of H-pyrrole nitrogens is 1. The maximum Gasteiger partial charge on any atom is 0.326 e. The van der Waals surface area contributed by atoms with Crippen LogP contribution in [0.25, 0.3) is 10.9 Å². The number of hydrogen-bond donors (Lipinski definition) is 6. The maximum atomic E-state index is 12.9. The van der Waals surface area contributed by atoms with Crippen LogP contribution in [0.15, 0.2) is 30.5 Å². The average molecular weight is 418 g/mol. The van der Waals surface area contributed by atoms with Crippen LogP contribution in [0.3, 0.4) is 0 Å². The van der Waals surface area contributed by atoms with Gasteiger partial charge in [-0.25, -0.2) is 4.79 Å². The van der Waals surface area contributed by atoms with Gasteiger partial charge in [-0.3, -0.25) is 9.59 Å². The molecular formula is C21H30N4O5. The van der Waals surface area contributed by atoms with Crippen LogP contribution in [-0.4, -0.2) is 57.2 Å². The highest BCUT2D eigenvalue weighted by atomic mass is 16.4. The van der Waals surface area contributed by atoms with E-state index in [1.54, 1.807) is 6.20 Å². The van der Waals surface area contributed by atoms with Gasteiger partial charge >= 0.3 is 5.97 Å². The number of aliphatic hydroxyl groups excluding tert-OH is 1. The second kappa shape index (κ2) is 10.2. The third kappa shape index (κ3) is 6.04. The minimum atomic E-state index is -1.21. The summed E-state index contributed by atoms with van der Waals surface area (Å²) < 4.78 is 0. The van der Waals surface area contributed by atoms with Crippen molar-refractivity contribution in [2.75, 3.05) is 0 Å². The Morgan fingerprint density at radius 1 is 1.07 bits per heavy atom. The fraction of sp³-hybridized carbons (Fsp3) is 0.476. The molecule has 0 radical (unpaired) electrons. The maximum absolute atomic E-state index is 12.9. The van der Waals surface area contributed by atoms with Crippen LogP contribution < -0.4 is 16.4 Å². The van der Waals surface area contributed by atoms with Crippen LogP contribution >= 0.6 is 0 Å². The zero-order valence-corrected chi connectivity index (χ0v) is 17.4. The molecule has 2 rings (SSSR count). The normalized spacial score (nSPS) is 15.4. The Kier molecular flexibility index (Phi) is 7.96. The first-order valence-electron chi connectivity index (χ1n) is 9.92. The minimum Gasteiger partial charge on any atom is -0.480 e. The van der Waals surface area contributed by atoms with Crippen molar-refractivity contribution < 1.29 is 24.6 Å². The third-order valence-corrected chi connectivity index (χ3v) is 4.88. The van der Waals surface area contributed by atoms with Gasteiger partial charge in [0.1, 0.15) is 18.1 Å². The molecule has 164 valence electrons. The number of nitrogens with two attached hydrogens (primary N) is 1. The monoisotopic (exact) mass is 418 g/mol. The highest BCUT2D eigenvalue weighted by Crippen LogP contribution is 2.19. The van der Waals surface area contributed by atoms with Crippen molar-refractivity contribution >= 4 is 28.7 Å². The number of aromatic amines is 1. The van der Waals surface area contributed by atoms with Gasteiger partial charge in [0, 0.05) is 23.5 Å². The molecule has 0 bridgehead atoms. The number of carbonyl (C=O) groups excluding carboxylic acids is 2. The topological polar surface area (TPSA) is 158 Å². The van der Waals surface area contributed by atoms with Gasteiger partial charge in [0.25, 0.3) is 0 Å². The highest BCUT2D eigenvalue weighted by Gasteiger charge is 2.30. The zero-order chi connectivity index (χ0) is 22.4. The molecular weight excluding hydrogens is 388 g/mol. The Morgan fingerprint density at radius 2 is 1.70 bits per heavy atom. The lowest BCUT2D eigenvalue weighted by molar-refractivity contribution is -0.142. The Morgan fingerprint density at radius 3 is 2.30 bits per heavy atom. The molecule has 2 aromatic rings. The molecule has 0 saturated carbocycles. The van der Waals surface area contributed by atoms with Gasteiger partial charge in [-0.05, 0) is 30.9 Å². The van der Waals surface area contributed by atoms with Crippen LogP contribution in [0.4, 0.5) is 0 Å². The largest absolute Gasteiger partial charge is 0.480 e. The Hall–Kier alpha value is -2.91. The number of amides is 2. The Labute approximate surface area is 175 Å². The van der Waals surface area contributed by atoms with E-state index in [0.29, 0.717) is 0 Å². The van der Waals surface area contributed by atoms with E-state index in [-0.39, 0.29) is 18.8 Å². The second-order valence-corrected chi connectivity index (χ2v) is 7.92. The molecule has 0 aliphatic rings. The van der Waals surface area contributed by atoms with Gasteiger partial charge in [-0.15, -0.1) is 0 Å². The quantitative estimate of drug-likeness (QED) is 0.330. The molecule has 4 atom stereocenters. The van der Waals surface area contributed by atoms with Crippen LogP contribution in [-0.2, 0) is 20.8 Å². The predicted octanol–water partition coefficient (Wildman–Crippen LogP) is 0.519. The molecule has 9 nitrogen and oxygen atoms in total. The fourth-order valence-corrected chi connectivity index (χ4v) is 3.18. The van der Waals surface area contributed by atoms with Gasteiger partial charge in [-0.2, -0.15) is 0 Å². The van der Waals surface area contributed by atoms with E-state index in [1.165, 1.54) is 6.92 Å². The van der Waals surface area contributed by atoms with Crippen LogP contribution in [0.2, 0.25) is 0 Å². The Bertz CT molecular complexity index is 892. The third-order valence-electron chi connectivity index (χ3n) is 4.88. The molecule has 9 heteroatoms. The van der Waals surface area contributed by atoms with Crippen LogP contribution in [0.5, 0.6) is 0 Å². The van der Waals surface area contributed by atoms with Crippen molar-refractivity contribution in [2.45, 2.75) is 57.8 Å².